The molecule has 0 bridgehead atoms. The summed E-state index contributed by atoms with van der Waals surface area (Å²) < 4.78 is 4.37. The highest BCUT2D eigenvalue weighted by Gasteiger charge is 2.27. The van der Waals surface area contributed by atoms with Crippen LogP contribution in [0, 0.1) is 22.7 Å². The third-order valence-corrected chi connectivity index (χ3v) is 20.4. The number of fused-ring (bicyclic) bond motifs is 6. The lowest BCUT2D eigenvalue weighted by Gasteiger charge is -2.19. The van der Waals surface area contributed by atoms with E-state index in [9.17, 15) is 10.5 Å². The van der Waals surface area contributed by atoms with Crippen LogP contribution in [-0.4, -0.2) is 68.9 Å². The van der Waals surface area contributed by atoms with Gasteiger partial charge >= 0.3 is 0 Å². The van der Waals surface area contributed by atoms with E-state index >= 15 is 0 Å². The predicted molar refractivity (Wildman–Crippen MR) is 449 cm³/mol. The molecule has 0 amide bonds. The van der Waals surface area contributed by atoms with Crippen molar-refractivity contribution in [1.82, 2.24) is 68.9 Å². The number of hydrogen-bond donors (Lipinski definition) is 0. The van der Waals surface area contributed by atoms with Gasteiger partial charge in [0.05, 0.1) is 50.6 Å². The molecule has 0 aliphatic rings. The molecule has 16 nitrogen and oxygen atoms in total. The number of hydrogen-bond acceptors (Lipinski definition) is 14. The molecule has 0 unspecified atom stereocenters. The van der Waals surface area contributed by atoms with Crippen LogP contribution in [0.2, 0.25) is 0 Å². The topological polar surface area (TPSA) is 212 Å². The van der Waals surface area contributed by atoms with Crippen LogP contribution in [0.1, 0.15) is 11.1 Å². The highest BCUT2D eigenvalue weighted by atomic mass is 15.1. The van der Waals surface area contributed by atoms with Gasteiger partial charge in [0.25, 0.3) is 0 Å². The Morgan fingerprint density at radius 2 is 0.412 bits per heavy atom. The Bertz CT molecular complexity index is 6620. The molecule has 0 saturated carbocycles. The summed E-state index contributed by atoms with van der Waals surface area (Å²) in [6.45, 7) is 0. The van der Waals surface area contributed by atoms with Crippen LogP contribution in [0.4, 0.5) is 0 Å². The monoisotopic (exact) mass is 1460 g/mol. The molecule has 0 saturated heterocycles. The van der Waals surface area contributed by atoms with Crippen LogP contribution in [0.25, 0.3) is 203 Å². The van der Waals surface area contributed by atoms with E-state index in [1.54, 1.807) is 6.07 Å². The van der Waals surface area contributed by atoms with E-state index in [1.165, 1.54) is 0 Å². The maximum atomic E-state index is 12.2. The lowest BCUT2D eigenvalue weighted by Crippen LogP contribution is -2.04. The molecule has 0 atom stereocenters. The molecule has 20 aromatic rings. The minimum Gasteiger partial charge on any atom is -0.309 e. The summed E-state index contributed by atoms with van der Waals surface area (Å²) in [7, 11) is 0. The molecule has 0 aliphatic heterocycles. The molecule has 6 heterocycles. The van der Waals surface area contributed by atoms with Gasteiger partial charge in [-0.15, -0.1) is 0 Å². The SMILES string of the molecule is N#Cc1cccc(-c2cc(-n3c4ccc(-c5nc(-c6ccccc6)nc(-c6ccccc6)n5)cc4c4cc(-c5nc(-c6ccccc6)nc(-c6ccccc6)n5)ccc43)c(C#N)cc2-n2c3ccc(-c4nc(-c5ccccc5)nc(-c5ccccc5)n4)cc3c3cc(-c4nc(-c5ccccc5)nc(-c5ccccc5)n4)ccc32)c1. The minimum atomic E-state index is 0.356. The Morgan fingerprint density at radius 3 is 0.649 bits per heavy atom. The lowest BCUT2D eigenvalue weighted by molar-refractivity contribution is 1.07. The summed E-state index contributed by atoms with van der Waals surface area (Å²) in [4.78, 5) is 62.0. The first-order valence-electron chi connectivity index (χ1n) is 37.1. The molecule has 0 radical (unpaired) electrons. The molecule has 16 heteroatoms. The average Bonchev–Trinajstić information content (AvgIpc) is 1.56. The first-order valence-corrected chi connectivity index (χ1v) is 37.1. The zero-order valence-corrected chi connectivity index (χ0v) is 60.6. The molecular weight excluding hydrogens is 1400 g/mol. The maximum absolute atomic E-state index is 12.2. The number of nitriles is 2. The van der Waals surface area contributed by atoms with E-state index in [-0.39, 0.29) is 0 Å². The van der Waals surface area contributed by atoms with Crippen molar-refractivity contribution in [3.05, 3.63) is 363 Å². The van der Waals surface area contributed by atoms with Crippen molar-refractivity contribution in [2.45, 2.75) is 0 Å². The fraction of sp³-hybridized carbons (Fsp3) is 0. The number of benzene rings is 14. The Balaban J connectivity index is 0.836. The maximum Gasteiger partial charge on any atom is 0.164 e. The second kappa shape index (κ2) is 28.7. The molecule has 0 N–H and O–H groups in total. The number of rotatable bonds is 15. The van der Waals surface area contributed by atoms with Crippen LogP contribution >= 0.6 is 0 Å². The fourth-order valence-electron chi connectivity index (χ4n) is 14.9. The Labute approximate surface area is 653 Å². The van der Waals surface area contributed by atoms with Crippen LogP contribution < -0.4 is 0 Å². The Morgan fingerprint density at radius 1 is 0.184 bits per heavy atom. The van der Waals surface area contributed by atoms with Crippen molar-refractivity contribution in [2.75, 3.05) is 0 Å². The Hall–Kier alpha value is -16.3. The number of aromatic nitrogens is 14. The zero-order valence-electron chi connectivity index (χ0n) is 60.6. The molecule has 20 rings (SSSR count). The summed E-state index contributed by atoms with van der Waals surface area (Å²) in [5.74, 6) is 6.06. The van der Waals surface area contributed by atoms with E-state index in [2.05, 4.69) is 75.9 Å². The van der Waals surface area contributed by atoms with Gasteiger partial charge in [-0.2, -0.15) is 10.5 Å². The van der Waals surface area contributed by atoms with E-state index in [4.69, 9.17) is 59.8 Å². The van der Waals surface area contributed by atoms with Gasteiger partial charge in [-0.25, -0.2) is 59.8 Å². The zero-order chi connectivity index (χ0) is 76.0. The van der Waals surface area contributed by atoms with E-state index in [0.717, 1.165) is 122 Å². The van der Waals surface area contributed by atoms with Crippen molar-refractivity contribution >= 4 is 43.6 Å². The average molecular weight is 1460 g/mol. The predicted octanol–water partition coefficient (Wildman–Crippen LogP) is 22.0. The molecule has 14 aromatic carbocycles. The summed E-state index contributed by atoms with van der Waals surface area (Å²) >= 11 is 0. The molecule has 0 fully saturated rings. The fourth-order valence-corrected chi connectivity index (χ4v) is 14.9. The van der Waals surface area contributed by atoms with Gasteiger partial charge in [0.1, 0.15) is 6.07 Å². The van der Waals surface area contributed by atoms with E-state index in [0.29, 0.717) is 92.4 Å². The van der Waals surface area contributed by atoms with Crippen molar-refractivity contribution in [2.24, 2.45) is 0 Å². The van der Waals surface area contributed by atoms with E-state index in [1.807, 2.05) is 291 Å². The summed E-state index contributed by atoms with van der Waals surface area (Å²) in [6.07, 6.45) is 0. The quantitative estimate of drug-likeness (QED) is 0.0934. The van der Waals surface area contributed by atoms with Gasteiger partial charge in [0.2, 0.25) is 0 Å². The van der Waals surface area contributed by atoms with Crippen LogP contribution in [0.15, 0.2) is 352 Å². The van der Waals surface area contributed by atoms with E-state index < -0.39 is 0 Å². The lowest BCUT2D eigenvalue weighted by atomic mass is 9.98. The molecular formula is C98H58N16. The van der Waals surface area contributed by atoms with Gasteiger partial charge < -0.3 is 9.13 Å². The second-order valence-electron chi connectivity index (χ2n) is 27.4. The van der Waals surface area contributed by atoms with Crippen LogP contribution in [0.5, 0.6) is 0 Å². The molecule has 114 heavy (non-hydrogen) atoms. The van der Waals surface area contributed by atoms with Gasteiger partial charge in [-0.05, 0) is 103 Å². The normalized spacial score (nSPS) is 11.3. The first-order chi connectivity index (χ1) is 56.4. The van der Waals surface area contributed by atoms with Crippen LogP contribution in [0.3, 0.4) is 0 Å². The third-order valence-electron chi connectivity index (χ3n) is 20.4. The first kappa shape index (κ1) is 67.1. The smallest absolute Gasteiger partial charge is 0.164 e. The largest absolute Gasteiger partial charge is 0.309 e. The highest BCUT2D eigenvalue weighted by Crippen LogP contribution is 2.45. The third kappa shape index (κ3) is 12.5. The molecule has 0 aliphatic carbocycles. The van der Waals surface area contributed by atoms with Gasteiger partial charge in [-0.3, -0.25) is 0 Å². The standard InChI is InChI=1S/C98H58N16/c99-59-61-26-25-43-70(52-61)76-58-85(113-81-48-44-71(95-105-87(62-27-9-1-10-28-62)101-88(106-95)63-29-11-2-12-30-63)53-77(81)78-54-72(45-49-82(78)113)96-107-89(64-31-13-3-14-32-64)102-90(108-96)65-33-15-4-16-34-65)75(60-100)57-86(76)114-83-50-46-73(97-109-91(66-35-17-5-18-36-66)103-92(110-97)67-37-19-6-20-38-67)55-79(83)80-56-74(47-51-84(80)114)98-111-93(68-39-21-7-22-40-68)104-94(112-98)69-41-23-8-24-42-69/h1-58H. The minimum absolute atomic E-state index is 0.356. The van der Waals surface area contributed by atoms with Crippen molar-refractivity contribution in [1.29, 1.82) is 10.5 Å². The Kier molecular flexibility index (Phi) is 16.9. The molecule has 6 aromatic heterocycles. The summed E-state index contributed by atoms with van der Waals surface area (Å²) in [5.41, 5.74) is 16.3. The van der Waals surface area contributed by atoms with Gasteiger partial charge in [-0.1, -0.05) is 255 Å². The second-order valence-corrected chi connectivity index (χ2v) is 27.4. The summed E-state index contributed by atoms with van der Waals surface area (Å²) in [6, 6.07) is 121. The molecule has 530 valence electrons. The van der Waals surface area contributed by atoms with Crippen molar-refractivity contribution in [3.8, 4) is 171 Å². The number of nitrogens with zero attached hydrogens (tertiary/aromatic N) is 16. The summed E-state index contributed by atoms with van der Waals surface area (Å²) in [5, 5.41) is 26.3. The van der Waals surface area contributed by atoms with Crippen LogP contribution in [-0.2, 0) is 0 Å². The van der Waals surface area contributed by atoms with Crippen molar-refractivity contribution in [3.63, 3.8) is 0 Å². The highest BCUT2D eigenvalue weighted by molar-refractivity contribution is 6.14. The van der Waals surface area contributed by atoms with Crippen molar-refractivity contribution < 1.29 is 0 Å². The van der Waals surface area contributed by atoms with Gasteiger partial charge in [0, 0.05) is 93.9 Å². The van der Waals surface area contributed by atoms with Gasteiger partial charge in [0.15, 0.2) is 69.9 Å². The molecule has 0 spiro atoms.